The minimum absolute atomic E-state index is 0.486. The van der Waals surface area contributed by atoms with Gasteiger partial charge in [0.05, 0.1) is 33.4 Å². The van der Waals surface area contributed by atoms with Gasteiger partial charge in [0.25, 0.3) is 0 Å². The molecule has 1 N–H and O–H groups in total. The molecular formula is C98H65BrN4S2. The molecule has 105 heavy (non-hydrogen) atoms. The zero-order valence-electron chi connectivity index (χ0n) is 57.0. The Labute approximate surface area is 625 Å². The molecule has 16 aromatic carbocycles. The molecule has 7 heteroatoms. The van der Waals surface area contributed by atoms with Crippen LogP contribution in [-0.2, 0) is 11.1 Å². The fourth-order valence-electron chi connectivity index (χ4n) is 17.5. The molecular weight excluding hydrogens is 1380 g/mol. The van der Waals surface area contributed by atoms with E-state index in [1.165, 1.54) is 151 Å². The molecule has 0 aliphatic heterocycles. The first-order chi connectivity index (χ1) is 52.1. The lowest BCUT2D eigenvalue weighted by Gasteiger charge is -2.38. The Morgan fingerprint density at radius 2 is 0.638 bits per heavy atom. The zero-order valence-corrected chi connectivity index (χ0v) is 60.2. The molecule has 0 radical (unpaired) electrons. The highest BCUT2D eigenvalue weighted by Gasteiger charge is 2.50. The number of para-hydroxylation sites is 6. The zero-order chi connectivity index (χ0) is 69.6. The lowest BCUT2D eigenvalue weighted by molar-refractivity contribution is 0.563. The maximum atomic E-state index is 3.93. The second-order valence-corrected chi connectivity index (χ2v) is 30.1. The summed E-state index contributed by atoms with van der Waals surface area (Å²) >= 11 is 7.64. The van der Waals surface area contributed by atoms with Gasteiger partial charge in [0, 0.05) is 83.4 Å². The van der Waals surface area contributed by atoms with E-state index in [9.17, 15) is 0 Å². The molecule has 4 heterocycles. The number of thiophene rings is 2. The number of hydrogen-bond donors (Lipinski definition) is 1. The molecule has 4 aromatic heterocycles. The summed E-state index contributed by atoms with van der Waals surface area (Å²) in [5.41, 5.74) is 22.3. The molecule has 0 unspecified atom stereocenters. The minimum atomic E-state index is -0.644. The van der Waals surface area contributed by atoms with Crippen molar-refractivity contribution in [2.24, 2.45) is 0 Å². The lowest BCUT2D eigenvalue weighted by Crippen LogP contribution is -2.36. The Bertz CT molecular complexity index is 6640. The highest BCUT2D eigenvalue weighted by Crippen LogP contribution is 2.59. The Balaban J connectivity index is 0.000000117. The number of benzene rings is 16. The van der Waals surface area contributed by atoms with Crippen molar-refractivity contribution in [3.63, 3.8) is 0 Å². The van der Waals surface area contributed by atoms with Gasteiger partial charge in [0.15, 0.2) is 0 Å². The second-order valence-electron chi connectivity index (χ2n) is 27.0. The van der Waals surface area contributed by atoms with E-state index < -0.39 is 11.1 Å². The fraction of sp³-hybridized carbons (Fsp3) is 0.0204. The Hall–Kier alpha value is -12.4. The maximum absolute atomic E-state index is 3.93. The first kappa shape index (κ1) is 62.4. The van der Waals surface area contributed by atoms with E-state index in [1.807, 2.05) is 40.9 Å². The van der Waals surface area contributed by atoms with Crippen LogP contribution in [0.5, 0.6) is 0 Å². The number of nitrogens with zero attached hydrogens (tertiary/aromatic N) is 3. The van der Waals surface area contributed by atoms with E-state index in [4.69, 9.17) is 0 Å². The van der Waals surface area contributed by atoms with Gasteiger partial charge in [-0.25, -0.2) is 0 Å². The number of halogens is 1. The fourth-order valence-corrected chi connectivity index (χ4v) is 20.3. The lowest BCUT2D eigenvalue weighted by atomic mass is 9.80. The SMILES string of the molecule is Brc1cccc2c3ccccc3n(C3(c4ccccc4)c4ccccc4-c4ccccc43)c12.c1ccc(N(c2cccc3sc4ccccc4c23)c2cccc3c4ccccc4n(C4(c5ccccc5)c5ccccc5-c5ccccc54)c23)cc1.c1ccc(Nc2cccc3sc4ccccc4c23)cc1. The summed E-state index contributed by atoms with van der Waals surface area (Å²) in [6.07, 6.45) is 0. The first-order valence-electron chi connectivity index (χ1n) is 35.8. The largest absolute Gasteiger partial charge is 0.355 e. The number of aromatic nitrogens is 2. The van der Waals surface area contributed by atoms with Crippen molar-refractivity contribution >= 4 is 151 Å². The van der Waals surface area contributed by atoms with Crippen molar-refractivity contribution in [1.82, 2.24) is 9.13 Å². The minimum Gasteiger partial charge on any atom is -0.355 e. The average Bonchev–Trinajstić information content (AvgIpc) is 1.52. The molecule has 0 saturated carbocycles. The van der Waals surface area contributed by atoms with Crippen molar-refractivity contribution in [2.75, 3.05) is 10.2 Å². The average molecular weight is 1440 g/mol. The molecule has 496 valence electrons. The second kappa shape index (κ2) is 25.6. The number of rotatable bonds is 9. The molecule has 2 aliphatic carbocycles. The molecule has 0 atom stereocenters. The van der Waals surface area contributed by atoms with Gasteiger partial charge in [-0.2, -0.15) is 0 Å². The van der Waals surface area contributed by atoms with E-state index >= 15 is 0 Å². The summed E-state index contributed by atoms with van der Waals surface area (Å²) in [7, 11) is 0. The molecule has 2 aliphatic rings. The van der Waals surface area contributed by atoms with Crippen molar-refractivity contribution in [3.8, 4) is 22.3 Å². The Morgan fingerprint density at radius 3 is 1.17 bits per heavy atom. The molecule has 0 fully saturated rings. The van der Waals surface area contributed by atoms with Crippen molar-refractivity contribution in [1.29, 1.82) is 0 Å². The van der Waals surface area contributed by atoms with Crippen LogP contribution in [0.3, 0.4) is 0 Å². The van der Waals surface area contributed by atoms with Crippen LogP contribution in [-0.4, -0.2) is 9.13 Å². The van der Waals surface area contributed by atoms with Crippen LogP contribution in [0.1, 0.15) is 33.4 Å². The quantitative estimate of drug-likeness (QED) is 0.156. The molecule has 4 nitrogen and oxygen atoms in total. The first-order valence-corrected chi connectivity index (χ1v) is 38.2. The predicted molar refractivity (Wildman–Crippen MR) is 450 cm³/mol. The van der Waals surface area contributed by atoms with Gasteiger partial charge in [0.2, 0.25) is 0 Å². The summed E-state index contributed by atoms with van der Waals surface area (Å²) in [5.74, 6) is 0. The highest BCUT2D eigenvalue weighted by molar-refractivity contribution is 9.10. The topological polar surface area (TPSA) is 25.1 Å². The van der Waals surface area contributed by atoms with Crippen LogP contribution in [0.4, 0.5) is 28.4 Å². The van der Waals surface area contributed by atoms with Gasteiger partial charge in [-0.3, -0.25) is 0 Å². The van der Waals surface area contributed by atoms with E-state index in [1.54, 1.807) is 0 Å². The van der Waals surface area contributed by atoms with Gasteiger partial charge < -0.3 is 19.4 Å². The summed E-state index contributed by atoms with van der Waals surface area (Å²) < 4.78 is 11.6. The van der Waals surface area contributed by atoms with Crippen LogP contribution in [0, 0.1) is 0 Å². The third kappa shape index (κ3) is 9.69. The molecule has 0 bridgehead atoms. The van der Waals surface area contributed by atoms with E-state index in [2.05, 4.69) is 405 Å². The molecule has 0 spiro atoms. The van der Waals surface area contributed by atoms with Crippen molar-refractivity contribution in [2.45, 2.75) is 11.1 Å². The Kier molecular flexibility index (Phi) is 15.2. The maximum Gasteiger partial charge on any atom is 0.122 e. The molecule has 22 rings (SSSR count). The Morgan fingerprint density at radius 1 is 0.276 bits per heavy atom. The molecule has 0 amide bonds. The monoisotopic (exact) mass is 1440 g/mol. The van der Waals surface area contributed by atoms with E-state index in [0.717, 1.165) is 21.5 Å². The number of nitrogens with one attached hydrogen (secondary N) is 1. The highest BCUT2D eigenvalue weighted by atomic mass is 79.9. The predicted octanol–water partition coefficient (Wildman–Crippen LogP) is 27.6. The van der Waals surface area contributed by atoms with Gasteiger partial charge in [-0.05, 0) is 156 Å². The van der Waals surface area contributed by atoms with Gasteiger partial charge in [0.1, 0.15) is 11.1 Å². The van der Waals surface area contributed by atoms with Crippen LogP contribution in [0.25, 0.3) is 106 Å². The van der Waals surface area contributed by atoms with Crippen molar-refractivity contribution < 1.29 is 0 Å². The summed E-state index contributed by atoms with van der Waals surface area (Å²) in [6, 6.07) is 141. The normalized spacial score (nSPS) is 13.0. The van der Waals surface area contributed by atoms with Crippen LogP contribution in [0.15, 0.2) is 393 Å². The summed E-state index contributed by atoms with van der Waals surface area (Å²) in [5, 5.41) is 13.7. The summed E-state index contributed by atoms with van der Waals surface area (Å²) in [4.78, 5) is 2.50. The summed E-state index contributed by atoms with van der Waals surface area (Å²) in [6.45, 7) is 0. The number of anilines is 5. The number of hydrogen-bond acceptors (Lipinski definition) is 4. The van der Waals surface area contributed by atoms with Crippen LogP contribution >= 0.6 is 38.6 Å². The van der Waals surface area contributed by atoms with E-state index in [0.29, 0.717) is 0 Å². The smallest absolute Gasteiger partial charge is 0.122 e. The third-order valence-corrected chi connectivity index (χ3v) is 24.5. The van der Waals surface area contributed by atoms with Gasteiger partial charge >= 0.3 is 0 Å². The standard InChI is InChI=1S/C49H32N2S.C31H20BrN.C18H13NS/c1-3-17-33(18-4-1)49(40-26-11-7-21-35(40)36-22-8-12-27-41(36)49)51-42-28-13-9-23-37(42)38-25-15-30-44(48(38)51)50(34-19-5-2-6-20-34)43-29-16-32-46-47(43)39-24-10-14-31-45(39)52-46;32-28-19-10-16-25-24-15-6-9-20-29(24)33(30(25)28)31(21-11-2-1-3-12-21)26-17-7-4-13-22(26)23-14-5-8-18-27(23)31;1-2-7-13(8-3-1)19-15-10-6-12-17-18(15)14-9-4-5-11-16(14)20-17/h1-32H;1-20H;1-12,19H. The third-order valence-electron chi connectivity index (χ3n) is 21.6. The van der Waals surface area contributed by atoms with Gasteiger partial charge in [-0.15, -0.1) is 22.7 Å². The van der Waals surface area contributed by atoms with Crippen LogP contribution < -0.4 is 10.2 Å². The molecule has 20 aromatic rings. The van der Waals surface area contributed by atoms with Crippen LogP contribution in [0.2, 0.25) is 0 Å². The van der Waals surface area contributed by atoms with Gasteiger partial charge in [-0.1, -0.05) is 303 Å². The van der Waals surface area contributed by atoms with Crippen molar-refractivity contribution in [3.05, 3.63) is 426 Å². The van der Waals surface area contributed by atoms with E-state index in [-0.39, 0.29) is 0 Å². The molecule has 0 saturated heterocycles. The number of fused-ring (bicyclic) bond motifs is 18.